The van der Waals surface area contributed by atoms with Gasteiger partial charge in [-0.25, -0.2) is 0 Å². The summed E-state index contributed by atoms with van der Waals surface area (Å²) in [5.74, 6) is 1.25. The van der Waals surface area contributed by atoms with E-state index in [0.29, 0.717) is 24.1 Å². The van der Waals surface area contributed by atoms with E-state index in [4.69, 9.17) is 9.26 Å². The first-order chi connectivity index (χ1) is 14.6. The van der Waals surface area contributed by atoms with Crippen LogP contribution < -0.4 is 10.6 Å². The standard InChI is InChI=1S/C21H24N6O3/c1-11-18(26-19(23-11)20(28)22-10-15-4-3-7-29-15)13-5-6-16-14(8-13)9-17(25-16)21-24-12(2)27-30-21/h5-6,8-9,11,15,18,25H,3-4,7,10H2,1-2H3,(H,22,28)(H,23,26)/t11?,15-,18?/m0/s1. The zero-order chi connectivity index (χ0) is 20.7. The number of aromatic nitrogens is 3. The zero-order valence-electron chi connectivity index (χ0n) is 16.9. The van der Waals surface area contributed by atoms with E-state index in [2.05, 4.69) is 36.8 Å². The molecule has 1 amide bonds. The molecule has 3 aromatic rings. The molecule has 30 heavy (non-hydrogen) atoms. The monoisotopic (exact) mass is 408 g/mol. The lowest BCUT2D eigenvalue weighted by Crippen LogP contribution is -2.42. The third kappa shape index (κ3) is 3.56. The van der Waals surface area contributed by atoms with Gasteiger partial charge in [-0.3, -0.25) is 9.79 Å². The van der Waals surface area contributed by atoms with Crippen molar-refractivity contribution in [3.8, 4) is 11.6 Å². The number of amides is 1. The van der Waals surface area contributed by atoms with Crippen LogP contribution in [0, 0.1) is 6.92 Å². The van der Waals surface area contributed by atoms with Gasteiger partial charge >= 0.3 is 0 Å². The number of nitrogens with zero attached hydrogens (tertiary/aromatic N) is 3. The Bertz CT molecular complexity index is 1110. The molecular weight excluding hydrogens is 384 g/mol. The first kappa shape index (κ1) is 18.8. The van der Waals surface area contributed by atoms with E-state index in [9.17, 15) is 4.79 Å². The fraction of sp³-hybridized carbons (Fsp3) is 0.429. The third-order valence-electron chi connectivity index (χ3n) is 5.58. The van der Waals surface area contributed by atoms with Gasteiger partial charge in [0.05, 0.1) is 18.2 Å². The molecule has 2 aliphatic heterocycles. The minimum atomic E-state index is -0.184. The fourth-order valence-corrected chi connectivity index (χ4v) is 4.02. The van der Waals surface area contributed by atoms with E-state index in [1.54, 1.807) is 6.92 Å². The van der Waals surface area contributed by atoms with Gasteiger partial charge in [0.15, 0.2) is 11.7 Å². The Morgan fingerprint density at radius 2 is 2.23 bits per heavy atom. The van der Waals surface area contributed by atoms with Crippen LogP contribution in [0.2, 0.25) is 0 Å². The van der Waals surface area contributed by atoms with E-state index in [0.717, 1.165) is 41.6 Å². The van der Waals surface area contributed by atoms with Crippen LogP contribution >= 0.6 is 0 Å². The van der Waals surface area contributed by atoms with Crippen LogP contribution in [0.5, 0.6) is 0 Å². The van der Waals surface area contributed by atoms with Gasteiger partial charge in [-0.1, -0.05) is 11.2 Å². The van der Waals surface area contributed by atoms with Crippen molar-refractivity contribution in [3.63, 3.8) is 0 Å². The highest BCUT2D eigenvalue weighted by Crippen LogP contribution is 2.30. The maximum absolute atomic E-state index is 12.5. The van der Waals surface area contributed by atoms with E-state index >= 15 is 0 Å². The Hall–Kier alpha value is -3.20. The fourth-order valence-electron chi connectivity index (χ4n) is 4.02. The maximum atomic E-state index is 12.5. The number of amidine groups is 1. The molecule has 0 spiro atoms. The van der Waals surface area contributed by atoms with E-state index < -0.39 is 0 Å². The number of H-pyrrole nitrogens is 1. The molecule has 0 bridgehead atoms. The van der Waals surface area contributed by atoms with Crippen molar-refractivity contribution in [1.29, 1.82) is 0 Å². The third-order valence-corrected chi connectivity index (χ3v) is 5.58. The predicted molar refractivity (Wildman–Crippen MR) is 111 cm³/mol. The van der Waals surface area contributed by atoms with Gasteiger partial charge in [-0.2, -0.15) is 4.98 Å². The topological polar surface area (TPSA) is 117 Å². The highest BCUT2D eigenvalue weighted by atomic mass is 16.5. The Balaban J connectivity index is 1.34. The molecule has 5 rings (SSSR count). The van der Waals surface area contributed by atoms with Crippen molar-refractivity contribution in [2.45, 2.75) is 44.9 Å². The summed E-state index contributed by atoms with van der Waals surface area (Å²) in [5, 5.41) is 11.0. The number of hydrogen-bond acceptors (Lipinski definition) is 7. The van der Waals surface area contributed by atoms with Gasteiger partial charge in [-0.15, -0.1) is 0 Å². The largest absolute Gasteiger partial charge is 0.376 e. The summed E-state index contributed by atoms with van der Waals surface area (Å²) in [6.45, 7) is 5.11. The predicted octanol–water partition coefficient (Wildman–Crippen LogP) is 2.25. The second kappa shape index (κ2) is 7.56. The number of ether oxygens (including phenoxy) is 1. The molecule has 2 aromatic heterocycles. The minimum Gasteiger partial charge on any atom is -0.376 e. The summed E-state index contributed by atoms with van der Waals surface area (Å²) >= 11 is 0. The van der Waals surface area contributed by atoms with Crippen molar-refractivity contribution in [2.24, 2.45) is 4.99 Å². The smallest absolute Gasteiger partial charge is 0.286 e. The first-order valence-corrected chi connectivity index (χ1v) is 10.2. The number of benzene rings is 1. The number of aromatic amines is 1. The lowest BCUT2D eigenvalue weighted by molar-refractivity contribution is -0.115. The van der Waals surface area contributed by atoms with Crippen LogP contribution in [-0.2, 0) is 9.53 Å². The Labute approximate surface area is 173 Å². The highest BCUT2D eigenvalue weighted by molar-refractivity contribution is 6.38. The molecule has 0 saturated carbocycles. The van der Waals surface area contributed by atoms with E-state index in [1.165, 1.54) is 0 Å². The SMILES string of the molecule is Cc1noc(-c2cc3cc(C4N=C(C(=O)NC[C@@H]5CCCO5)NC4C)ccc3[nH]2)n1. The number of aryl methyl sites for hydroxylation is 1. The number of carbonyl (C=O) groups is 1. The summed E-state index contributed by atoms with van der Waals surface area (Å²) < 4.78 is 10.8. The molecule has 9 heteroatoms. The van der Waals surface area contributed by atoms with Gasteiger partial charge < -0.3 is 24.9 Å². The van der Waals surface area contributed by atoms with Crippen molar-refractivity contribution in [3.05, 3.63) is 35.7 Å². The number of aliphatic imine (C=N–C) groups is 1. The molecule has 2 aliphatic rings. The van der Waals surface area contributed by atoms with Crippen molar-refractivity contribution < 1.29 is 14.1 Å². The molecule has 0 aliphatic carbocycles. The summed E-state index contributed by atoms with van der Waals surface area (Å²) in [6.07, 6.45) is 2.15. The van der Waals surface area contributed by atoms with Crippen LogP contribution in [0.1, 0.15) is 37.2 Å². The summed E-state index contributed by atoms with van der Waals surface area (Å²) in [6, 6.07) is 7.98. The molecular formula is C21H24N6O3. The molecule has 1 aromatic carbocycles. The Kier molecular flexibility index (Phi) is 4.74. The van der Waals surface area contributed by atoms with E-state index in [1.807, 2.05) is 25.1 Å². The summed E-state index contributed by atoms with van der Waals surface area (Å²) in [4.78, 5) is 24.7. The molecule has 9 nitrogen and oxygen atoms in total. The van der Waals surface area contributed by atoms with Crippen molar-refractivity contribution in [2.75, 3.05) is 13.2 Å². The van der Waals surface area contributed by atoms with Gasteiger partial charge in [-0.05, 0) is 50.5 Å². The second-order valence-corrected chi connectivity index (χ2v) is 7.88. The Morgan fingerprint density at radius 1 is 1.33 bits per heavy atom. The zero-order valence-corrected chi connectivity index (χ0v) is 16.9. The van der Waals surface area contributed by atoms with Crippen molar-refractivity contribution >= 4 is 22.6 Å². The van der Waals surface area contributed by atoms with Gasteiger partial charge in [0.25, 0.3) is 11.8 Å². The second-order valence-electron chi connectivity index (χ2n) is 7.88. The molecule has 0 radical (unpaired) electrons. The average molecular weight is 408 g/mol. The molecule has 1 saturated heterocycles. The first-order valence-electron chi connectivity index (χ1n) is 10.2. The quantitative estimate of drug-likeness (QED) is 0.596. The molecule has 1 fully saturated rings. The molecule has 3 N–H and O–H groups in total. The lowest BCUT2D eigenvalue weighted by Gasteiger charge is -2.14. The van der Waals surface area contributed by atoms with Crippen molar-refractivity contribution in [1.82, 2.24) is 25.8 Å². The molecule has 3 atom stereocenters. The summed E-state index contributed by atoms with van der Waals surface area (Å²) in [7, 11) is 0. The average Bonchev–Trinajstić information content (AvgIpc) is 3.51. The van der Waals surface area contributed by atoms with Crippen LogP contribution in [-0.4, -0.2) is 52.2 Å². The van der Waals surface area contributed by atoms with Crippen LogP contribution in [0.4, 0.5) is 0 Å². The highest BCUT2D eigenvalue weighted by Gasteiger charge is 2.30. The number of carbonyl (C=O) groups excluding carboxylic acids is 1. The van der Waals surface area contributed by atoms with Gasteiger partial charge in [0.1, 0.15) is 5.69 Å². The lowest BCUT2D eigenvalue weighted by atomic mass is 10.0. The number of rotatable bonds is 5. The minimum absolute atomic E-state index is 0.0166. The molecule has 156 valence electrons. The van der Waals surface area contributed by atoms with Crippen LogP contribution in [0.15, 0.2) is 33.8 Å². The van der Waals surface area contributed by atoms with E-state index in [-0.39, 0.29) is 24.1 Å². The summed E-state index contributed by atoms with van der Waals surface area (Å²) in [5.41, 5.74) is 2.79. The normalized spacial score (nSPS) is 23.5. The van der Waals surface area contributed by atoms with Gasteiger partial charge in [0.2, 0.25) is 0 Å². The number of fused-ring (bicyclic) bond motifs is 1. The number of hydrogen-bond donors (Lipinski definition) is 3. The number of nitrogens with one attached hydrogen (secondary N) is 3. The van der Waals surface area contributed by atoms with Crippen LogP contribution in [0.3, 0.4) is 0 Å². The Morgan fingerprint density at radius 3 is 3.00 bits per heavy atom. The van der Waals surface area contributed by atoms with Crippen LogP contribution in [0.25, 0.3) is 22.5 Å². The van der Waals surface area contributed by atoms with Gasteiger partial charge in [0, 0.05) is 24.1 Å². The molecule has 4 heterocycles. The molecule has 2 unspecified atom stereocenters. The maximum Gasteiger partial charge on any atom is 0.286 e.